The lowest BCUT2D eigenvalue weighted by molar-refractivity contribution is -0.141. The molecule has 0 aliphatic carbocycles. The number of nitrogens with zero attached hydrogens (tertiary/aromatic N) is 10. The zero-order chi connectivity index (χ0) is 61.2. The number of ether oxygens (including phenoxy) is 1. The molecule has 2 aliphatic heterocycles. The highest BCUT2D eigenvalue weighted by Crippen LogP contribution is 2.41. The first kappa shape index (κ1) is 60.5. The van der Waals surface area contributed by atoms with E-state index in [-0.39, 0.29) is 66.6 Å². The molecule has 0 saturated carbocycles. The number of hydrogen-bond acceptors (Lipinski definition) is 23. The maximum Gasteiger partial charge on any atom is 0.326 e. The highest BCUT2D eigenvalue weighted by atomic mass is 32.1. The molecule has 29 heteroatoms. The molecular formula is C58H56N14O9S6. The van der Waals surface area contributed by atoms with Gasteiger partial charge in [-0.2, -0.15) is 0 Å². The summed E-state index contributed by atoms with van der Waals surface area (Å²) >= 11 is 7.62. The molecule has 10 heterocycles. The number of hydrogen-bond donors (Lipinski definition) is 6. The number of imidazole rings is 1. The number of aryl methyl sites for hydroxylation is 1. The maximum atomic E-state index is 14.4. The lowest BCUT2D eigenvalue weighted by Gasteiger charge is -2.23. The van der Waals surface area contributed by atoms with Crippen LogP contribution in [-0.2, 0) is 25.7 Å². The van der Waals surface area contributed by atoms with Gasteiger partial charge in [-0.3, -0.25) is 28.5 Å². The minimum atomic E-state index is -1.22. The number of carbonyl (C=O) groups excluding carboxylic acids is 5. The number of thiazole rings is 6. The van der Waals surface area contributed by atoms with Crippen molar-refractivity contribution >= 4 is 109 Å². The molecule has 1 aromatic carbocycles. The highest BCUT2D eigenvalue weighted by Gasteiger charge is 2.36. The lowest BCUT2D eigenvalue weighted by atomic mass is 9.90. The quantitative estimate of drug-likeness (QED) is 0.0704. The second kappa shape index (κ2) is 26.0. The first-order valence-electron chi connectivity index (χ1n) is 27.3. The first-order chi connectivity index (χ1) is 41.9. The van der Waals surface area contributed by atoms with E-state index in [4.69, 9.17) is 39.6 Å². The second-order valence-corrected chi connectivity index (χ2v) is 26.6. The number of Topliss-reactive ketones (excluding diaryl/α,β-unsaturated/α-hetero) is 1. The highest BCUT2D eigenvalue weighted by molar-refractivity contribution is 7.15. The number of fused-ring (bicyclic) bond motifs is 14. The van der Waals surface area contributed by atoms with Gasteiger partial charge in [-0.05, 0) is 43.4 Å². The number of aliphatic hydroxyl groups excluding tert-OH is 1. The summed E-state index contributed by atoms with van der Waals surface area (Å²) < 4.78 is 7.17. The third-order valence-corrected chi connectivity index (χ3v) is 20.3. The van der Waals surface area contributed by atoms with Crippen LogP contribution in [0.3, 0.4) is 0 Å². The van der Waals surface area contributed by atoms with E-state index in [2.05, 4.69) is 32.8 Å². The molecular weight excluding hydrogens is 1230 g/mol. The molecule has 8 aromatic heterocycles. The molecule has 9 aromatic rings. The Balaban J connectivity index is 0.975. The van der Waals surface area contributed by atoms with E-state index in [1.54, 1.807) is 65.1 Å². The van der Waals surface area contributed by atoms with Gasteiger partial charge < -0.3 is 41.1 Å². The Morgan fingerprint density at radius 3 is 2.32 bits per heavy atom. The van der Waals surface area contributed by atoms with Gasteiger partial charge in [-0.1, -0.05) is 50.8 Å². The fourth-order valence-corrected chi connectivity index (χ4v) is 15.7. The van der Waals surface area contributed by atoms with Gasteiger partial charge in [0.2, 0.25) is 11.8 Å². The van der Waals surface area contributed by atoms with Crippen molar-refractivity contribution in [3.63, 3.8) is 0 Å². The summed E-state index contributed by atoms with van der Waals surface area (Å²) in [4.78, 5) is 123. The van der Waals surface area contributed by atoms with Crippen molar-refractivity contribution < 1.29 is 43.7 Å². The average Bonchev–Trinajstić information content (AvgIpc) is 3.30. The molecule has 10 bridgehead atoms. The van der Waals surface area contributed by atoms with Crippen molar-refractivity contribution in [3.8, 4) is 49.2 Å². The zero-order valence-electron chi connectivity index (χ0n) is 47.3. The molecule has 0 radical (unpaired) electrons. The molecule has 1 saturated heterocycles. The number of rotatable bonds is 11. The van der Waals surface area contributed by atoms with Crippen LogP contribution in [0.25, 0.3) is 54.9 Å². The zero-order valence-corrected chi connectivity index (χ0v) is 52.2. The molecule has 1 fully saturated rings. The van der Waals surface area contributed by atoms with Gasteiger partial charge in [0.05, 0.1) is 46.9 Å². The number of aromatic nitrogens is 9. The number of carboxylic acids is 1. The summed E-state index contributed by atoms with van der Waals surface area (Å²) in [5, 5.41) is 43.3. The Kier molecular flexibility index (Phi) is 18.1. The van der Waals surface area contributed by atoms with Crippen molar-refractivity contribution in [1.82, 2.24) is 70.6 Å². The van der Waals surface area contributed by atoms with Crippen LogP contribution in [0.1, 0.15) is 131 Å². The summed E-state index contributed by atoms with van der Waals surface area (Å²) in [6, 6.07) is 9.67. The van der Waals surface area contributed by atoms with Gasteiger partial charge in [0.25, 0.3) is 11.8 Å². The van der Waals surface area contributed by atoms with Gasteiger partial charge in [-0.25, -0.2) is 44.7 Å². The Labute approximate surface area is 521 Å². The molecule has 0 spiro atoms. The van der Waals surface area contributed by atoms with E-state index in [1.807, 2.05) is 31.4 Å². The van der Waals surface area contributed by atoms with Crippen molar-refractivity contribution in [2.45, 2.75) is 83.2 Å². The van der Waals surface area contributed by atoms with Gasteiger partial charge in [0.15, 0.2) is 5.78 Å². The van der Waals surface area contributed by atoms with Crippen LogP contribution in [0.2, 0.25) is 0 Å². The third kappa shape index (κ3) is 13.0. The summed E-state index contributed by atoms with van der Waals surface area (Å²) in [5.41, 5.74) is 3.98. The standard InChI is InChI=1S/C58H56N14O9S6/c1-27(2)32-17-40(73)46-29(4)86-55(70-46)34(18-43(74)59-5)63-50(77)37-23-82-51(65-37)31-14-15-33(53-67-42(25-85-53)71-20-35(61-26-71)57(78)72-16-10-13-39(72)58(79)80)62-47(31)36-22-83-54(64-36)38-24-84-56(66-38)48(49(76)30-11-8-7-9-12-30)68-44(75)19-60-28(3)45-41(21-81-6)87-52(32)69-45/h7-9,11-12,14-15,20,22-27,32,34,39,48-49,60,76H,3,10,13,16-19,21H2,1-2,4-6H3,(H,59,74)(H,63,77)(H,68,75)(H,79,80)/t32-,34+,39-,48+,49+/m1/s1. The van der Waals surface area contributed by atoms with Gasteiger partial charge in [0.1, 0.15) is 95.2 Å². The average molecular weight is 1290 g/mol. The second-order valence-electron chi connectivity index (χ2n) is 20.7. The first-order valence-corrected chi connectivity index (χ1v) is 32.5. The summed E-state index contributed by atoms with van der Waals surface area (Å²) in [7, 11) is 3.06. The van der Waals surface area contributed by atoms with Crippen molar-refractivity contribution in [1.29, 1.82) is 0 Å². The number of methoxy groups -OCH3 is 1. The number of nitrogens with one attached hydrogen (secondary N) is 4. The summed E-state index contributed by atoms with van der Waals surface area (Å²) in [6.45, 7) is 10.3. The molecule has 4 amide bonds. The minimum Gasteiger partial charge on any atom is -0.480 e. The van der Waals surface area contributed by atoms with Crippen LogP contribution in [0.4, 0.5) is 0 Å². The van der Waals surface area contributed by atoms with E-state index in [1.165, 1.54) is 92.5 Å². The Hall–Kier alpha value is -8.16. The molecule has 448 valence electrons. The minimum absolute atomic E-state index is 0.0411. The molecule has 2 aliphatic rings. The molecule has 11 rings (SSSR count). The molecule has 5 atom stereocenters. The fraction of sp³-hybridized carbons (Fsp3) is 0.310. The summed E-state index contributed by atoms with van der Waals surface area (Å²) in [5.74, 6) is -3.21. The largest absolute Gasteiger partial charge is 0.480 e. The van der Waals surface area contributed by atoms with Crippen molar-refractivity contribution in [2.75, 3.05) is 27.2 Å². The van der Waals surface area contributed by atoms with E-state index in [0.717, 1.165) is 4.88 Å². The van der Waals surface area contributed by atoms with Crippen LogP contribution >= 0.6 is 68.0 Å². The lowest BCUT2D eigenvalue weighted by Crippen LogP contribution is -2.40. The van der Waals surface area contributed by atoms with E-state index >= 15 is 0 Å². The number of carbonyl (C=O) groups is 6. The van der Waals surface area contributed by atoms with Crippen molar-refractivity contribution in [2.24, 2.45) is 5.92 Å². The Bertz CT molecular complexity index is 4090. The van der Waals surface area contributed by atoms with E-state index in [9.17, 15) is 39.0 Å². The van der Waals surface area contributed by atoms with Crippen LogP contribution < -0.4 is 21.3 Å². The number of aliphatic carboxylic acids is 1. The van der Waals surface area contributed by atoms with Gasteiger partial charge in [-0.15, -0.1) is 68.0 Å². The Morgan fingerprint density at radius 1 is 0.816 bits per heavy atom. The van der Waals surface area contributed by atoms with Crippen LogP contribution in [0.15, 0.2) is 83.1 Å². The van der Waals surface area contributed by atoms with Gasteiger partial charge in [0, 0.05) is 71.2 Å². The molecule has 0 unspecified atom stereocenters. The maximum absolute atomic E-state index is 14.4. The Morgan fingerprint density at radius 2 is 1.55 bits per heavy atom. The van der Waals surface area contributed by atoms with E-state index < -0.39 is 47.9 Å². The number of ketones is 1. The number of aliphatic hydroxyl groups is 1. The number of pyridine rings is 1. The van der Waals surface area contributed by atoms with Gasteiger partial charge >= 0.3 is 5.97 Å². The van der Waals surface area contributed by atoms with Crippen molar-refractivity contribution in [3.05, 3.63) is 136 Å². The van der Waals surface area contributed by atoms with Crippen LogP contribution in [0.5, 0.6) is 0 Å². The van der Waals surface area contributed by atoms with Crippen LogP contribution in [-0.4, -0.2) is 128 Å². The fourth-order valence-electron chi connectivity index (χ4n) is 10.0. The normalized spacial score (nSPS) is 18.0. The number of amides is 4. The SMILES string of the molecule is C=C1NCC(=O)N[C@@H]([C@@H](O)c2ccccc2)c2nc(cs2)-c2nc(cs2)-c2nc(-c3nc(-n4cnc(C(=O)N5CCC[C@@H]5C(=O)O)c4)cs3)ccc2-c2nc(cs2)C(=O)N[C@@H](CC(=O)NC)c2nc(c(C)s2)C(=O)C[C@H](C(C)C)c2nc1c(COC)s2. The summed E-state index contributed by atoms with van der Waals surface area (Å²) in [6.07, 6.45) is 2.54. The predicted octanol–water partition coefficient (Wildman–Crippen LogP) is 8.90. The predicted molar refractivity (Wildman–Crippen MR) is 332 cm³/mol. The number of likely N-dealkylation sites (tertiary alicyclic amines) is 1. The van der Waals surface area contributed by atoms with E-state index in [0.29, 0.717) is 105 Å². The molecule has 6 N–H and O–H groups in total. The topological polar surface area (TPSA) is 312 Å². The number of benzene rings is 1. The van der Waals surface area contributed by atoms with Crippen LogP contribution in [0, 0.1) is 12.8 Å². The molecule has 87 heavy (non-hydrogen) atoms. The number of carboxylic acid groups (broad SMARTS) is 1. The molecule has 23 nitrogen and oxygen atoms in total. The third-order valence-electron chi connectivity index (χ3n) is 14.6. The monoisotopic (exact) mass is 1280 g/mol. The smallest absolute Gasteiger partial charge is 0.326 e.